The Morgan fingerprint density at radius 2 is 2.21 bits per heavy atom. The highest BCUT2D eigenvalue weighted by Crippen LogP contribution is 2.27. The average Bonchev–Trinajstić information content (AvgIpc) is 2.36. The van der Waals surface area contributed by atoms with Gasteiger partial charge in [0.1, 0.15) is 6.04 Å². The second-order valence-electron chi connectivity index (χ2n) is 4.16. The molecule has 0 spiro atoms. The number of nitrogens with one attached hydrogen (secondary N) is 1. The number of hydrogen-bond acceptors (Lipinski definition) is 3. The summed E-state index contributed by atoms with van der Waals surface area (Å²) in [4.78, 5) is 22.6. The van der Waals surface area contributed by atoms with Gasteiger partial charge in [0.05, 0.1) is 5.25 Å². The van der Waals surface area contributed by atoms with Crippen molar-refractivity contribution in [3.63, 3.8) is 0 Å². The minimum absolute atomic E-state index is 0.278. The molecule has 0 unspecified atom stereocenters. The first kappa shape index (κ1) is 14.5. The first-order valence-electron chi connectivity index (χ1n) is 5.56. The van der Waals surface area contributed by atoms with Crippen LogP contribution in [0.15, 0.2) is 18.2 Å². The zero-order valence-corrected chi connectivity index (χ0v) is 12.1. The highest BCUT2D eigenvalue weighted by Gasteiger charge is 2.32. The molecule has 1 saturated heterocycles. The van der Waals surface area contributed by atoms with Crippen LogP contribution in [0.2, 0.25) is 10.0 Å². The molecule has 4 nitrogen and oxygen atoms in total. The molecule has 1 fully saturated rings. The van der Waals surface area contributed by atoms with Crippen LogP contribution in [0, 0.1) is 0 Å². The molecular weight excluding hydrogens is 309 g/mol. The van der Waals surface area contributed by atoms with E-state index < -0.39 is 12.0 Å². The largest absolute Gasteiger partial charge is 0.480 e. The van der Waals surface area contributed by atoms with Gasteiger partial charge in [0, 0.05) is 15.8 Å². The van der Waals surface area contributed by atoms with E-state index in [0.29, 0.717) is 22.2 Å². The van der Waals surface area contributed by atoms with Crippen molar-refractivity contribution in [3.05, 3.63) is 33.8 Å². The Balaban J connectivity index is 2.06. The Morgan fingerprint density at radius 3 is 2.84 bits per heavy atom. The molecule has 0 aliphatic carbocycles. The van der Waals surface area contributed by atoms with Gasteiger partial charge in [-0.3, -0.25) is 4.79 Å². The predicted molar refractivity (Wildman–Crippen MR) is 76.0 cm³/mol. The number of amides is 1. The lowest BCUT2D eigenvalue weighted by Gasteiger charge is -2.26. The number of carbonyl (C=O) groups is 2. The molecule has 19 heavy (non-hydrogen) atoms. The van der Waals surface area contributed by atoms with E-state index in [0.717, 1.165) is 5.56 Å². The van der Waals surface area contributed by atoms with E-state index >= 15 is 0 Å². The van der Waals surface area contributed by atoms with Crippen LogP contribution < -0.4 is 5.32 Å². The van der Waals surface area contributed by atoms with Crippen molar-refractivity contribution in [1.29, 1.82) is 0 Å². The summed E-state index contributed by atoms with van der Waals surface area (Å²) in [5, 5.41) is 12.1. The molecular formula is C12H11Cl2NO3S. The number of rotatable bonds is 3. The first-order valence-corrected chi connectivity index (χ1v) is 7.36. The molecule has 0 bridgehead atoms. The molecule has 1 aliphatic heterocycles. The fourth-order valence-electron chi connectivity index (χ4n) is 1.78. The van der Waals surface area contributed by atoms with Crippen LogP contribution in [-0.2, 0) is 16.0 Å². The molecule has 2 rings (SSSR count). The summed E-state index contributed by atoms with van der Waals surface area (Å²) in [5.74, 6) is -0.941. The number of carboxylic acid groups (broad SMARTS) is 1. The summed E-state index contributed by atoms with van der Waals surface area (Å²) >= 11 is 13.3. The minimum atomic E-state index is -1.01. The Morgan fingerprint density at radius 1 is 1.47 bits per heavy atom. The summed E-state index contributed by atoms with van der Waals surface area (Å²) in [7, 11) is 0. The zero-order valence-electron chi connectivity index (χ0n) is 9.73. The fraction of sp³-hybridized carbons (Fsp3) is 0.333. The van der Waals surface area contributed by atoms with Crippen molar-refractivity contribution in [3.8, 4) is 0 Å². The van der Waals surface area contributed by atoms with E-state index in [2.05, 4.69) is 5.32 Å². The summed E-state index contributed by atoms with van der Waals surface area (Å²) in [5.41, 5.74) is 0.788. The van der Waals surface area contributed by atoms with Gasteiger partial charge in [0.15, 0.2) is 0 Å². The molecule has 7 heteroatoms. The van der Waals surface area contributed by atoms with Crippen LogP contribution in [0.5, 0.6) is 0 Å². The van der Waals surface area contributed by atoms with Crippen molar-refractivity contribution in [2.45, 2.75) is 17.7 Å². The minimum Gasteiger partial charge on any atom is -0.480 e. The zero-order chi connectivity index (χ0) is 14.0. The molecule has 1 heterocycles. The number of aliphatic carboxylic acids is 1. The van der Waals surface area contributed by atoms with Gasteiger partial charge in [0.25, 0.3) is 0 Å². The fourth-order valence-corrected chi connectivity index (χ4v) is 3.34. The van der Waals surface area contributed by atoms with Gasteiger partial charge in [-0.1, -0.05) is 23.2 Å². The van der Waals surface area contributed by atoms with Crippen LogP contribution in [0.4, 0.5) is 0 Å². The molecule has 1 amide bonds. The summed E-state index contributed by atoms with van der Waals surface area (Å²) in [6.45, 7) is 0. The number of benzene rings is 1. The summed E-state index contributed by atoms with van der Waals surface area (Å²) < 4.78 is 0. The molecule has 0 aromatic heterocycles. The third-order valence-corrected chi connectivity index (χ3v) is 4.70. The number of hydrogen-bond donors (Lipinski definition) is 2. The Hall–Kier alpha value is -0.910. The van der Waals surface area contributed by atoms with Gasteiger partial charge in [-0.15, -0.1) is 11.8 Å². The van der Waals surface area contributed by atoms with Crippen molar-refractivity contribution < 1.29 is 14.7 Å². The van der Waals surface area contributed by atoms with Crippen LogP contribution in [0.25, 0.3) is 0 Å². The second-order valence-corrected chi connectivity index (χ2v) is 6.24. The van der Waals surface area contributed by atoms with E-state index in [-0.39, 0.29) is 11.2 Å². The summed E-state index contributed by atoms with van der Waals surface area (Å²) in [6, 6.07) is 4.27. The quantitative estimate of drug-likeness (QED) is 0.896. The molecule has 0 saturated carbocycles. The Kier molecular flexibility index (Phi) is 4.60. The number of carbonyl (C=O) groups excluding carboxylic acids is 1. The lowest BCUT2D eigenvalue weighted by molar-refractivity contribution is -0.141. The molecule has 1 aromatic rings. The Bertz CT molecular complexity index is 524. The van der Waals surface area contributed by atoms with Crippen molar-refractivity contribution in [1.82, 2.24) is 5.32 Å². The number of carboxylic acids is 1. The molecule has 2 N–H and O–H groups in total. The normalized spacial score (nSPS) is 22.9. The average molecular weight is 320 g/mol. The van der Waals surface area contributed by atoms with Crippen LogP contribution in [-0.4, -0.2) is 34.0 Å². The van der Waals surface area contributed by atoms with E-state index in [1.54, 1.807) is 18.2 Å². The molecule has 1 aliphatic rings. The number of thioether (sulfide) groups is 1. The van der Waals surface area contributed by atoms with E-state index in [4.69, 9.17) is 28.3 Å². The maximum atomic E-state index is 11.8. The molecule has 2 atom stereocenters. The lowest BCUT2D eigenvalue weighted by atomic mass is 10.1. The van der Waals surface area contributed by atoms with E-state index in [9.17, 15) is 9.59 Å². The lowest BCUT2D eigenvalue weighted by Crippen LogP contribution is -2.51. The SMILES string of the molecule is O=C(O)[C@H]1CS[C@H](Cc2cc(Cl)ccc2Cl)C(=O)N1. The third kappa shape index (κ3) is 3.55. The second kappa shape index (κ2) is 6.03. The van der Waals surface area contributed by atoms with E-state index in [1.165, 1.54) is 11.8 Å². The van der Waals surface area contributed by atoms with Gasteiger partial charge in [-0.05, 0) is 30.2 Å². The third-order valence-electron chi connectivity index (χ3n) is 2.78. The molecule has 0 radical (unpaired) electrons. The van der Waals surface area contributed by atoms with Crippen molar-refractivity contribution >= 4 is 46.8 Å². The maximum absolute atomic E-state index is 11.8. The van der Waals surface area contributed by atoms with Crippen LogP contribution in [0.3, 0.4) is 0 Å². The van der Waals surface area contributed by atoms with Gasteiger partial charge in [0.2, 0.25) is 5.91 Å². The van der Waals surface area contributed by atoms with Gasteiger partial charge >= 0.3 is 5.97 Å². The predicted octanol–water partition coefficient (Wildman–Crippen LogP) is 2.22. The Labute approximate surface area is 124 Å². The highest BCUT2D eigenvalue weighted by atomic mass is 35.5. The first-order chi connectivity index (χ1) is 8.97. The van der Waals surface area contributed by atoms with Crippen molar-refractivity contribution in [2.75, 3.05) is 5.75 Å². The van der Waals surface area contributed by atoms with Crippen LogP contribution in [0.1, 0.15) is 5.56 Å². The maximum Gasteiger partial charge on any atom is 0.327 e. The van der Waals surface area contributed by atoms with Gasteiger partial charge in [-0.2, -0.15) is 0 Å². The highest BCUT2D eigenvalue weighted by molar-refractivity contribution is 8.00. The summed E-state index contributed by atoms with van der Waals surface area (Å²) in [6.07, 6.45) is 0.433. The van der Waals surface area contributed by atoms with Crippen molar-refractivity contribution in [2.24, 2.45) is 0 Å². The number of halogens is 2. The molecule has 1 aromatic carbocycles. The van der Waals surface area contributed by atoms with Gasteiger partial charge < -0.3 is 10.4 Å². The topological polar surface area (TPSA) is 66.4 Å². The van der Waals surface area contributed by atoms with Crippen LogP contribution >= 0.6 is 35.0 Å². The monoisotopic (exact) mass is 319 g/mol. The molecule has 102 valence electrons. The van der Waals surface area contributed by atoms with E-state index in [1.807, 2.05) is 0 Å². The van der Waals surface area contributed by atoms with Gasteiger partial charge in [-0.25, -0.2) is 4.79 Å². The standard InChI is InChI=1S/C12H11Cl2NO3S/c13-7-1-2-8(14)6(3-7)4-10-11(16)15-9(5-19-10)12(17)18/h1-3,9-10H,4-5H2,(H,15,16)(H,17,18)/t9-,10-/m1/s1. The smallest absolute Gasteiger partial charge is 0.327 e.